The van der Waals surface area contributed by atoms with E-state index in [4.69, 9.17) is 15.2 Å². The number of likely N-dealkylation sites (tertiary alicyclic amines) is 1. The smallest absolute Gasteiger partial charge is 0.223 e. The van der Waals surface area contributed by atoms with E-state index in [0.717, 1.165) is 23.6 Å². The fourth-order valence-corrected chi connectivity index (χ4v) is 3.20. The summed E-state index contributed by atoms with van der Waals surface area (Å²) in [5, 5.41) is 0. The van der Waals surface area contributed by atoms with Gasteiger partial charge in [0.25, 0.3) is 0 Å². The number of benzene rings is 1. The van der Waals surface area contributed by atoms with E-state index < -0.39 is 0 Å². The summed E-state index contributed by atoms with van der Waals surface area (Å²) in [4.78, 5) is 14.9. The number of carbonyl (C=O) groups excluding carboxylic acids is 1. The van der Waals surface area contributed by atoms with E-state index in [1.165, 1.54) is 0 Å². The Balaban J connectivity index is 0.00000242. The molecule has 124 valence electrons. The van der Waals surface area contributed by atoms with Crippen LogP contribution in [-0.4, -0.2) is 49.9 Å². The van der Waals surface area contributed by atoms with Crippen LogP contribution in [0.4, 0.5) is 0 Å². The van der Waals surface area contributed by atoms with Crippen molar-refractivity contribution in [1.82, 2.24) is 4.90 Å². The van der Waals surface area contributed by atoms with Gasteiger partial charge < -0.3 is 20.1 Å². The molecule has 1 aliphatic heterocycles. The molecule has 2 rings (SSSR count). The molecule has 1 amide bonds. The Labute approximate surface area is 141 Å². The number of halogens is 1. The van der Waals surface area contributed by atoms with E-state index in [0.29, 0.717) is 24.5 Å². The number of nitrogens with two attached hydrogens (primary N) is 1. The van der Waals surface area contributed by atoms with Gasteiger partial charge in [0.05, 0.1) is 14.2 Å². The third-order valence-electron chi connectivity index (χ3n) is 3.52. The molecule has 22 heavy (non-hydrogen) atoms. The highest BCUT2D eigenvalue weighted by molar-refractivity contribution is 7.99. The number of carbonyl (C=O) groups is 1. The summed E-state index contributed by atoms with van der Waals surface area (Å²) >= 11 is 1.64. The Bertz CT molecular complexity index is 502. The van der Waals surface area contributed by atoms with Crippen molar-refractivity contribution in [2.45, 2.75) is 23.8 Å². The van der Waals surface area contributed by atoms with Crippen molar-refractivity contribution in [2.75, 3.05) is 33.1 Å². The summed E-state index contributed by atoms with van der Waals surface area (Å²) in [7, 11) is 3.23. The Morgan fingerprint density at radius 2 is 2.09 bits per heavy atom. The van der Waals surface area contributed by atoms with E-state index in [1.807, 2.05) is 23.1 Å². The number of hydrogen-bond donors (Lipinski definition) is 1. The third-order valence-corrected chi connectivity index (χ3v) is 4.51. The topological polar surface area (TPSA) is 64.8 Å². The Morgan fingerprint density at radius 1 is 1.36 bits per heavy atom. The van der Waals surface area contributed by atoms with Crippen molar-refractivity contribution >= 4 is 30.1 Å². The van der Waals surface area contributed by atoms with Gasteiger partial charge in [-0.05, 0) is 24.6 Å². The second kappa shape index (κ2) is 9.12. The highest BCUT2D eigenvalue weighted by atomic mass is 35.5. The molecule has 1 fully saturated rings. The molecular weight excluding hydrogens is 324 g/mol. The van der Waals surface area contributed by atoms with E-state index in [2.05, 4.69) is 0 Å². The van der Waals surface area contributed by atoms with Gasteiger partial charge in [-0.3, -0.25) is 4.79 Å². The summed E-state index contributed by atoms with van der Waals surface area (Å²) < 4.78 is 10.5. The summed E-state index contributed by atoms with van der Waals surface area (Å²) in [6.45, 7) is 1.49. The normalized spacial score (nSPS) is 17.0. The minimum Gasteiger partial charge on any atom is -0.493 e. The first-order chi connectivity index (χ1) is 10.1. The average molecular weight is 347 g/mol. The summed E-state index contributed by atoms with van der Waals surface area (Å²) in [6, 6.07) is 5.93. The second-order valence-electron chi connectivity index (χ2n) is 5.00. The van der Waals surface area contributed by atoms with Crippen molar-refractivity contribution in [2.24, 2.45) is 5.73 Å². The second-order valence-corrected chi connectivity index (χ2v) is 6.17. The minimum absolute atomic E-state index is 0. The molecule has 1 aromatic rings. The Kier molecular flexibility index (Phi) is 7.85. The highest BCUT2D eigenvalue weighted by Gasteiger charge is 2.22. The average Bonchev–Trinajstić information content (AvgIpc) is 2.93. The van der Waals surface area contributed by atoms with Gasteiger partial charge in [0.2, 0.25) is 5.91 Å². The predicted octanol–water partition coefficient (Wildman–Crippen LogP) is 2.17. The van der Waals surface area contributed by atoms with E-state index in [-0.39, 0.29) is 24.4 Å². The quantitative estimate of drug-likeness (QED) is 0.800. The van der Waals surface area contributed by atoms with Gasteiger partial charge in [0.1, 0.15) is 0 Å². The molecule has 0 radical (unpaired) electrons. The lowest BCUT2D eigenvalue weighted by Crippen LogP contribution is -2.31. The van der Waals surface area contributed by atoms with Crippen LogP contribution in [0.5, 0.6) is 11.5 Å². The zero-order valence-corrected chi connectivity index (χ0v) is 14.5. The fraction of sp³-hybridized carbons (Fsp3) is 0.533. The number of amides is 1. The SMILES string of the molecule is COc1ccc(SCCC(=O)N2CC[C@@H](N)C2)cc1OC.Cl. The molecule has 2 N–H and O–H groups in total. The van der Waals surface area contributed by atoms with Crippen molar-refractivity contribution in [1.29, 1.82) is 0 Å². The standard InChI is InChI=1S/C15H22N2O3S.ClH/c1-19-13-4-3-12(9-14(13)20-2)21-8-6-15(18)17-7-5-11(16)10-17;/h3-4,9,11H,5-8,10,16H2,1-2H3;1H/t11-;/m1./s1. The minimum atomic E-state index is 0. The maximum atomic E-state index is 12.0. The van der Waals surface area contributed by atoms with E-state index >= 15 is 0 Å². The van der Waals surface area contributed by atoms with Crippen molar-refractivity contribution in [3.05, 3.63) is 18.2 Å². The lowest BCUT2D eigenvalue weighted by molar-refractivity contribution is -0.129. The Morgan fingerprint density at radius 3 is 2.68 bits per heavy atom. The van der Waals surface area contributed by atoms with Gasteiger partial charge in [-0.25, -0.2) is 0 Å². The lowest BCUT2D eigenvalue weighted by Gasteiger charge is -2.15. The molecule has 1 atom stereocenters. The van der Waals surface area contributed by atoms with Crippen LogP contribution in [0.2, 0.25) is 0 Å². The zero-order valence-electron chi connectivity index (χ0n) is 12.9. The van der Waals surface area contributed by atoms with Crippen LogP contribution < -0.4 is 15.2 Å². The fourth-order valence-electron chi connectivity index (χ4n) is 2.33. The summed E-state index contributed by atoms with van der Waals surface area (Å²) in [5.41, 5.74) is 5.82. The van der Waals surface area contributed by atoms with E-state index in [1.54, 1.807) is 26.0 Å². The molecule has 1 aromatic carbocycles. The molecule has 7 heteroatoms. The predicted molar refractivity (Wildman–Crippen MR) is 91.3 cm³/mol. The highest BCUT2D eigenvalue weighted by Crippen LogP contribution is 2.32. The monoisotopic (exact) mass is 346 g/mol. The summed E-state index contributed by atoms with van der Waals surface area (Å²) in [6.07, 6.45) is 1.44. The molecule has 0 spiro atoms. The van der Waals surface area contributed by atoms with Crippen LogP contribution in [0, 0.1) is 0 Å². The maximum absolute atomic E-state index is 12.0. The summed E-state index contributed by atoms with van der Waals surface area (Å²) in [5.74, 6) is 2.36. The molecular formula is C15H23ClN2O3S. The van der Waals surface area contributed by atoms with E-state index in [9.17, 15) is 4.79 Å². The molecule has 1 heterocycles. The maximum Gasteiger partial charge on any atom is 0.223 e. The van der Waals surface area contributed by atoms with Gasteiger partial charge >= 0.3 is 0 Å². The number of rotatable bonds is 6. The molecule has 1 aliphatic rings. The molecule has 0 bridgehead atoms. The number of ether oxygens (including phenoxy) is 2. The van der Waals surface area contributed by atoms with Crippen molar-refractivity contribution < 1.29 is 14.3 Å². The van der Waals surface area contributed by atoms with Gasteiger partial charge in [0, 0.05) is 36.2 Å². The van der Waals surface area contributed by atoms with Crippen molar-refractivity contribution in [3.8, 4) is 11.5 Å². The molecule has 1 saturated heterocycles. The number of thioether (sulfide) groups is 1. The van der Waals surface area contributed by atoms with Gasteiger partial charge in [-0.15, -0.1) is 24.2 Å². The van der Waals surface area contributed by atoms with Gasteiger partial charge in [-0.2, -0.15) is 0 Å². The van der Waals surface area contributed by atoms with Crippen LogP contribution in [-0.2, 0) is 4.79 Å². The first kappa shape index (κ1) is 18.9. The van der Waals surface area contributed by atoms with Crippen LogP contribution in [0.15, 0.2) is 23.1 Å². The first-order valence-corrected chi connectivity index (χ1v) is 8.00. The molecule has 0 saturated carbocycles. The molecule has 0 aliphatic carbocycles. The zero-order chi connectivity index (χ0) is 15.2. The largest absolute Gasteiger partial charge is 0.493 e. The third kappa shape index (κ3) is 4.97. The van der Waals surface area contributed by atoms with Crippen LogP contribution >= 0.6 is 24.2 Å². The van der Waals surface area contributed by atoms with Crippen LogP contribution in [0.3, 0.4) is 0 Å². The number of hydrogen-bond acceptors (Lipinski definition) is 5. The van der Waals surface area contributed by atoms with Gasteiger partial charge in [-0.1, -0.05) is 0 Å². The Hall–Kier alpha value is -1.11. The first-order valence-electron chi connectivity index (χ1n) is 7.02. The van der Waals surface area contributed by atoms with Gasteiger partial charge in [0.15, 0.2) is 11.5 Å². The van der Waals surface area contributed by atoms with Crippen molar-refractivity contribution in [3.63, 3.8) is 0 Å². The van der Waals surface area contributed by atoms with Crippen LogP contribution in [0.25, 0.3) is 0 Å². The molecule has 5 nitrogen and oxygen atoms in total. The van der Waals surface area contributed by atoms with Crippen LogP contribution in [0.1, 0.15) is 12.8 Å². The lowest BCUT2D eigenvalue weighted by atomic mass is 10.3. The molecule has 0 unspecified atom stereocenters. The number of nitrogens with zero attached hydrogens (tertiary/aromatic N) is 1. The number of methoxy groups -OCH3 is 2. The molecule has 0 aromatic heterocycles.